The summed E-state index contributed by atoms with van der Waals surface area (Å²) in [5.41, 5.74) is 6.08. The number of hydrogen-bond donors (Lipinski definition) is 4. The smallest absolute Gasteiger partial charge is 0.326 e. The van der Waals surface area contributed by atoms with Gasteiger partial charge >= 0.3 is 5.97 Å². The number of carboxylic acids is 1. The Morgan fingerprint density at radius 1 is 1.65 bits per heavy atom. The van der Waals surface area contributed by atoms with Gasteiger partial charge in [-0.25, -0.2) is 9.78 Å². The third kappa shape index (κ3) is 3.87. The summed E-state index contributed by atoms with van der Waals surface area (Å²) in [5, 5.41) is 11.4. The van der Waals surface area contributed by atoms with Crippen LogP contribution in [0.3, 0.4) is 0 Å². The van der Waals surface area contributed by atoms with E-state index in [2.05, 4.69) is 15.3 Å². The van der Waals surface area contributed by atoms with E-state index < -0.39 is 24.0 Å². The van der Waals surface area contributed by atoms with E-state index in [0.717, 1.165) is 0 Å². The average Bonchev–Trinajstić information content (AvgIpc) is 2.79. The monoisotopic (exact) mass is 240 g/mol. The van der Waals surface area contributed by atoms with Crippen molar-refractivity contribution in [2.24, 2.45) is 5.73 Å². The molecule has 1 rings (SSSR count). The van der Waals surface area contributed by atoms with Gasteiger partial charge in [0.05, 0.1) is 18.1 Å². The molecule has 0 aliphatic rings. The lowest BCUT2D eigenvalue weighted by Gasteiger charge is -2.16. The lowest BCUT2D eigenvalue weighted by molar-refractivity contribution is -0.142. The fraction of sp³-hybridized carbons (Fsp3) is 0.500. The maximum atomic E-state index is 11.5. The molecule has 1 amide bonds. The Morgan fingerprint density at radius 3 is 2.82 bits per heavy atom. The van der Waals surface area contributed by atoms with E-state index in [1.807, 2.05) is 0 Å². The van der Waals surface area contributed by atoms with Gasteiger partial charge in [-0.2, -0.15) is 0 Å². The predicted molar refractivity (Wildman–Crippen MR) is 60.1 cm³/mol. The average molecular weight is 240 g/mol. The summed E-state index contributed by atoms with van der Waals surface area (Å²) in [6.45, 7) is 1.76. The molecule has 0 aromatic carbocycles. The van der Waals surface area contributed by atoms with E-state index in [1.54, 1.807) is 13.1 Å². The van der Waals surface area contributed by atoms with Crippen LogP contribution < -0.4 is 11.1 Å². The minimum Gasteiger partial charge on any atom is -0.480 e. The zero-order valence-corrected chi connectivity index (χ0v) is 9.51. The summed E-state index contributed by atoms with van der Waals surface area (Å²) in [6, 6.07) is -1.69. The van der Waals surface area contributed by atoms with E-state index in [4.69, 9.17) is 10.8 Å². The van der Waals surface area contributed by atoms with Crippen LogP contribution in [0.4, 0.5) is 0 Å². The number of nitrogens with zero attached hydrogens (tertiary/aromatic N) is 1. The number of H-pyrrole nitrogens is 1. The number of nitrogens with two attached hydrogens (primary N) is 1. The first-order valence-electron chi connectivity index (χ1n) is 5.31. The number of amides is 1. The topological polar surface area (TPSA) is 121 Å². The molecule has 1 heterocycles. The molecular weight excluding hydrogens is 224 g/mol. The summed E-state index contributed by atoms with van der Waals surface area (Å²) in [7, 11) is 0. The van der Waals surface area contributed by atoms with Crippen molar-refractivity contribution in [3.8, 4) is 0 Å². The van der Waals surface area contributed by atoms with Crippen molar-refractivity contribution < 1.29 is 14.7 Å². The first kappa shape index (κ1) is 13.2. The van der Waals surface area contributed by atoms with E-state index in [-0.39, 0.29) is 6.42 Å². The number of aromatic amines is 1. The summed E-state index contributed by atoms with van der Waals surface area (Å²) in [4.78, 5) is 29.1. The van der Waals surface area contributed by atoms with E-state index >= 15 is 0 Å². The predicted octanol–water partition coefficient (Wildman–Crippen LogP) is -0.741. The molecule has 0 aliphatic carbocycles. The highest BCUT2D eigenvalue weighted by atomic mass is 16.4. The van der Waals surface area contributed by atoms with Gasteiger partial charge in [0.25, 0.3) is 0 Å². The van der Waals surface area contributed by atoms with Crippen LogP contribution in [0.5, 0.6) is 0 Å². The number of hydrogen-bond acceptors (Lipinski definition) is 4. The highest BCUT2D eigenvalue weighted by Gasteiger charge is 2.23. The van der Waals surface area contributed by atoms with Crippen LogP contribution in [0.25, 0.3) is 0 Å². The summed E-state index contributed by atoms with van der Waals surface area (Å²) in [6.07, 6.45) is 3.62. The normalized spacial score (nSPS) is 14.0. The van der Waals surface area contributed by atoms with Crippen molar-refractivity contribution in [3.63, 3.8) is 0 Å². The van der Waals surface area contributed by atoms with Gasteiger partial charge in [-0.1, -0.05) is 6.92 Å². The number of rotatable bonds is 6. The van der Waals surface area contributed by atoms with Crippen LogP contribution in [0.15, 0.2) is 12.5 Å². The second kappa shape index (κ2) is 6.00. The lowest BCUT2D eigenvalue weighted by Crippen LogP contribution is -2.49. The van der Waals surface area contributed by atoms with Gasteiger partial charge in [0.15, 0.2) is 0 Å². The minimum atomic E-state index is -1.11. The van der Waals surface area contributed by atoms with Crippen LogP contribution in [-0.4, -0.2) is 39.0 Å². The van der Waals surface area contributed by atoms with Gasteiger partial charge < -0.3 is 21.1 Å². The number of carbonyl (C=O) groups excluding carboxylic acids is 1. The highest BCUT2D eigenvalue weighted by Crippen LogP contribution is 1.99. The molecule has 0 fully saturated rings. The first-order valence-corrected chi connectivity index (χ1v) is 5.31. The van der Waals surface area contributed by atoms with Crippen LogP contribution in [0, 0.1) is 0 Å². The van der Waals surface area contributed by atoms with Crippen molar-refractivity contribution in [2.75, 3.05) is 0 Å². The van der Waals surface area contributed by atoms with E-state index in [1.165, 1.54) is 6.33 Å². The molecule has 0 saturated heterocycles. The van der Waals surface area contributed by atoms with Crippen molar-refractivity contribution in [3.05, 3.63) is 18.2 Å². The van der Waals surface area contributed by atoms with Crippen molar-refractivity contribution in [1.82, 2.24) is 15.3 Å². The van der Waals surface area contributed by atoms with Gasteiger partial charge in [0.2, 0.25) is 5.91 Å². The molecule has 0 aliphatic heterocycles. The Kier molecular flexibility index (Phi) is 4.65. The quantitative estimate of drug-likeness (QED) is 0.521. The highest BCUT2D eigenvalue weighted by molar-refractivity contribution is 5.86. The molecule has 0 saturated carbocycles. The Bertz CT molecular complexity index is 377. The molecule has 7 nitrogen and oxygen atoms in total. The summed E-state index contributed by atoms with van der Waals surface area (Å²) >= 11 is 0. The number of carboxylic acid groups (broad SMARTS) is 1. The molecule has 0 spiro atoms. The van der Waals surface area contributed by atoms with Crippen molar-refractivity contribution >= 4 is 11.9 Å². The number of nitrogens with one attached hydrogen (secondary N) is 2. The van der Waals surface area contributed by atoms with Gasteiger partial charge in [0.1, 0.15) is 6.04 Å². The third-order valence-corrected chi connectivity index (χ3v) is 2.36. The second-order valence-corrected chi connectivity index (χ2v) is 3.68. The minimum absolute atomic E-state index is 0.126. The lowest BCUT2D eigenvalue weighted by atomic mass is 10.1. The van der Waals surface area contributed by atoms with Gasteiger partial charge in [0, 0.05) is 12.6 Å². The molecular formula is C10H16N4O3. The standard InChI is InChI=1S/C10H16N4O3/c1-2-7(11)9(15)14-8(10(16)17)3-6-4-12-5-13-6/h4-5,7-8H,2-3,11H2,1H3,(H,12,13)(H,14,15)(H,16,17)/t7?,8-/m0/s1. The molecule has 2 atom stereocenters. The maximum absolute atomic E-state index is 11.5. The first-order chi connectivity index (χ1) is 8.04. The third-order valence-electron chi connectivity index (χ3n) is 2.36. The van der Waals surface area contributed by atoms with Crippen LogP contribution in [0.2, 0.25) is 0 Å². The fourth-order valence-corrected chi connectivity index (χ4v) is 1.28. The molecule has 1 aromatic rings. The SMILES string of the molecule is CCC(N)C(=O)N[C@@H](Cc1c[nH]cn1)C(=O)O. The van der Waals surface area contributed by atoms with Crippen molar-refractivity contribution in [1.29, 1.82) is 0 Å². The number of aliphatic carboxylic acids is 1. The van der Waals surface area contributed by atoms with Crippen LogP contribution in [-0.2, 0) is 16.0 Å². The number of aromatic nitrogens is 2. The molecule has 7 heteroatoms. The second-order valence-electron chi connectivity index (χ2n) is 3.68. The van der Waals surface area contributed by atoms with Crippen molar-refractivity contribution in [2.45, 2.75) is 31.8 Å². The van der Waals surface area contributed by atoms with Gasteiger partial charge in [-0.3, -0.25) is 4.79 Å². The van der Waals surface area contributed by atoms with Gasteiger partial charge in [-0.15, -0.1) is 0 Å². The molecule has 0 bridgehead atoms. The molecule has 1 unspecified atom stereocenters. The molecule has 5 N–H and O–H groups in total. The molecule has 94 valence electrons. The van der Waals surface area contributed by atoms with E-state index in [9.17, 15) is 9.59 Å². The summed E-state index contributed by atoms with van der Waals surface area (Å²) in [5.74, 6) is -1.57. The Balaban J connectivity index is 2.61. The Labute approximate surface area is 98.4 Å². The zero-order chi connectivity index (χ0) is 12.8. The zero-order valence-electron chi connectivity index (χ0n) is 9.51. The molecule has 0 radical (unpaired) electrons. The summed E-state index contributed by atoms with van der Waals surface area (Å²) < 4.78 is 0. The number of imidazole rings is 1. The van der Waals surface area contributed by atoms with E-state index in [0.29, 0.717) is 12.1 Å². The Morgan fingerprint density at radius 2 is 2.35 bits per heavy atom. The molecule has 1 aromatic heterocycles. The number of carbonyl (C=O) groups is 2. The Hall–Kier alpha value is -1.89. The maximum Gasteiger partial charge on any atom is 0.326 e. The van der Waals surface area contributed by atoms with Crippen LogP contribution >= 0.6 is 0 Å². The van der Waals surface area contributed by atoms with Gasteiger partial charge in [-0.05, 0) is 6.42 Å². The fourth-order valence-electron chi connectivity index (χ4n) is 1.28. The van der Waals surface area contributed by atoms with Crippen LogP contribution in [0.1, 0.15) is 19.0 Å². The largest absolute Gasteiger partial charge is 0.480 e. The molecule has 17 heavy (non-hydrogen) atoms.